The van der Waals surface area contributed by atoms with Gasteiger partial charge in [0, 0.05) is 0 Å². The van der Waals surface area contributed by atoms with Crippen molar-refractivity contribution in [3.63, 3.8) is 0 Å². The number of halogens is 1. The van der Waals surface area contributed by atoms with Crippen LogP contribution < -0.4 is 4.72 Å². The van der Waals surface area contributed by atoms with Crippen LogP contribution in [0.25, 0.3) is 0 Å². The van der Waals surface area contributed by atoms with Gasteiger partial charge in [0.25, 0.3) is 10.0 Å². The molecular weight excluding hydrogens is 241 g/mol. The van der Waals surface area contributed by atoms with E-state index in [9.17, 15) is 12.8 Å². The van der Waals surface area contributed by atoms with Crippen LogP contribution in [0.3, 0.4) is 0 Å². The van der Waals surface area contributed by atoms with E-state index in [1.807, 2.05) is 0 Å². The standard InChI is InChI=1S/C12H10FNO2S/c13-11-8-4-5-9-12(11)14-17(15,16)10-6-2-1-3-7-10/h1-9,14H. The van der Waals surface area contributed by atoms with E-state index in [4.69, 9.17) is 0 Å². The van der Waals surface area contributed by atoms with E-state index in [1.165, 1.54) is 30.3 Å². The molecule has 0 aliphatic heterocycles. The molecule has 0 atom stereocenters. The van der Waals surface area contributed by atoms with Gasteiger partial charge < -0.3 is 0 Å². The van der Waals surface area contributed by atoms with Crippen molar-refractivity contribution in [2.24, 2.45) is 0 Å². The molecule has 0 aliphatic carbocycles. The molecule has 2 rings (SSSR count). The van der Waals surface area contributed by atoms with E-state index < -0.39 is 15.8 Å². The summed E-state index contributed by atoms with van der Waals surface area (Å²) in [5.41, 5.74) is -0.0589. The summed E-state index contributed by atoms with van der Waals surface area (Å²) in [6.45, 7) is 0. The first-order chi connectivity index (χ1) is 8.09. The van der Waals surface area contributed by atoms with Crippen molar-refractivity contribution in [1.82, 2.24) is 0 Å². The molecule has 0 radical (unpaired) electrons. The number of benzene rings is 2. The molecule has 1 N–H and O–H groups in total. The van der Waals surface area contributed by atoms with Crippen LogP contribution in [0.1, 0.15) is 0 Å². The lowest BCUT2D eigenvalue weighted by Crippen LogP contribution is -2.13. The molecule has 2 aromatic rings. The molecule has 0 aromatic heterocycles. The number of hydrogen-bond donors (Lipinski definition) is 1. The first-order valence-corrected chi connectivity index (χ1v) is 6.40. The van der Waals surface area contributed by atoms with Crippen molar-refractivity contribution in [2.45, 2.75) is 4.90 Å². The van der Waals surface area contributed by atoms with Crippen LogP contribution in [0.4, 0.5) is 10.1 Å². The minimum Gasteiger partial charge on any atom is -0.277 e. The third-order valence-corrected chi connectivity index (χ3v) is 3.55. The second-order valence-corrected chi connectivity index (χ2v) is 5.08. The molecule has 17 heavy (non-hydrogen) atoms. The van der Waals surface area contributed by atoms with Crippen LogP contribution in [-0.2, 0) is 10.0 Å². The van der Waals surface area contributed by atoms with E-state index in [0.717, 1.165) is 0 Å². The highest BCUT2D eigenvalue weighted by Crippen LogP contribution is 2.18. The Morgan fingerprint density at radius 2 is 1.47 bits per heavy atom. The van der Waals surface area contributed by atoms with Crippen LogP contribution in [-0.4, -0.2) is 8.42 Å². The first-order valence-electron chi connectivity index (χ1n) is 4.92. The van der Waals surface area contributed by atoms with Gasteiger partial charge in [-0.3, -0.25) is 4.72 Å². The van der Waals surface area contributed by atoms with E-state index in [2.05, 4.69) is 4.72 Å². The molecule has 3 nitrogen and oxygen atoms in total. The van der Waals surface area contributed by atoms with Gasteiger partial charge >= 0.3 is 0 Å². The largest absolute Gasteiger partial charge is 0.277 e. The Bertz CT molecular complexity index is 611. The highest BCUT2D eigenvalue weighted by Gasteiger charge is 2.14. The lowest BCUT2D eigenvalue weighted by atomic mass is 10.3. The summed E-state index contributed by atoms with van der Waals surface area (Å²) >= 11 is 0. The van der Waals surface area contributed by atoms with Gasteiger partial charge in [-0.1, -0.05) is 30.3 Å². The maximum atomic E-state index is 13.3. The van der Waals surface area contributed by atoms with Gasteiger partial charge in [-0.25, -0.2) is 12.8 Å². The van der Waals surface area contributed by atoms with Crippen molar-refractivity contribution >= 4 is 15.7 Å². The zero-order chi connectivity index (χ0) is 12.3. The van der Waals surface area contributed by atoms with Gasteiger partial charge in [-0.2, -0.15) is 0 Å². The monoisotopic (exact) mass is 251 g/mol. The Hall–Kier alpha value is -1.88. The zero-order valence-corrected chi connectivity index (χ0v) is 9.62. The van der Waals surface area contributed by atoms with E-state index in [0.29, 0.717) is 0 Å². The number of anilines is 1. The average molecular weight is 251 g/mol. The van der Waals surface area contributed by atoms with Crippen LogP contribution in [0.15, 0.2) is 59.5 Å². The molecule has 0 fully saturated rings. The van der Waals surface area contributed by atoms with Crippen molar-refractivity contribution < 1.29 is 12.8 Å². The summed E-state index contributed by atoms with van der Waals surface area (Å²) < 4.78 is 39.3. The van der Waals surface area contributed by atoms with Gasteiger partial charge in [0.1, 0.15) is 5.82 Å². The van der Waals surface area contributed by atoms with Crippen molar-refractivity contribution in [3.05, 3.63) is 60.4 Å². The number of hydrogen-bond acceptors (Lipinski definition) is 2. The predicted octanol–water partition coefficient (Wildman–Crippen LogP) is 2.63. The average Bonchev–Trinajstić information content (AvgIpc) is 2.33. The Morgan fingerprint density at radius 1 is 0.882 bits per heavy atom. The molecule has 0 saturated heterocycles. The molecule has 0 bridgehead atoms. The maximum Gasteiger partial charge on any atom is 0.261 e. The summed E-state index contributed by atoms with van der Waals surface area (Å²) in [6, 6.07) is 13.4. The highest BCUT2D eigenvalue weighted by atomic mass is 32.2. The Morgan fingerprint density at radius 3 is 2.12 bits per heavy atom. The second-order valence-electron chi connectivity index (χ2n) is 3.40. The molecule has 0 unspecified atom stereocenters. The normalized spacial score (nSPS) is 11.1. The Labute approximate surface area is 99.0 Å². The quantitative estimate of drug-likeness (QED) is 0.911. The van der Waals surface area contributed by atoms with Crippen molar-refractivity contribution in [2.75, 3.05) is 4.72 Å². The summed E-state index contributed by atoms with van der Waals surface area (Å²) in [6.07, 6.45) is 0. The third kappa shape index (κ3) is 2.62. The zero-order valence-electron chi connectivity index (χ0n) is 8.80. The van der Waals surface area contributed by atoms with E-state index in [-0.39, 0.29) is 10.6 Å². The van der Waals surface area contributed by atoms with Crippen LogP contribution in [0.2, 0.25) is 0 Å². The summed E-state index contributed by atoms with van der Waals surface area (Å²) in [7, 11) is -3.73. The smallest absolute Gasteiger partial charge is 0.261 e. The summed E-state index contributed by atoms with van der Waals surface area (Å²) in [5, 5.41) is 0. The molecule has 0 saturated carbocycles. The molecule has 2 aromatic carbocycles. The number of sulfonamides is 1. The fraction of sp³-hybridized carbons (Fsp3) is 0. The van der Waals surface area contributed by atoms with Gasteiger partial charge in [-0.15, -0.1) is 0 Å². The van der Waals surface area contributed by atoms with Gasteiger partial charge in [0.15, 0.2) is 0 Å². The van der Waals surface area contributed by atoms with Crippen molar-refractivity contribution in [1.29, 1.82) is 0 Å². The topological polar surface area (TPSA) is 46.2 Å². The highest BCUT2D eigenvalue weighted by molar-refractivity contribution is 7.92. The number of rotatable bonds is 3. The molecule has 0 spiro atoms. The van der Waals surface area contributed by atoms with Gasteiger partial charge in [0.05, 0.1) is 10.6 Å². The molecule has 0 heterocycles. The molecular formula is C12H10FNO2S. The molecule has 0 aliphatic rings. The number of para-hydroxylation sites is 1. The van der Waals surface area contributed by atoms with E-state index >= 15 is 0 Å². The second kappa shape index (κ2) is 4.55. The maximum absolute atomic E-state index is 13.3. The van der Waals surface area contributed by atoms with Gasteiger partial charge in [0.2, 0.25) is 0 Å². The minimum atomic E-state index is -3.73. The van der Waals surface area contributed by atoms with Gasteiger partial charge in [-0.05, 0) is 24.3 Å². The fourth-order valence-corrected chi connectivity index (χ4v) is 2.44. The SMILES string of the molecule is O=S(=O)(Nc1ccccc1F)c1ccccc1. The lowest BCUT2D eigenvalue weighted by molar-refractivity contribution is 0.598. The predicted molar refractivity (Wildman–Crippen MR) is 63.7 cm³/mol. The van der Waals surface area contributed by atoms with E-state index in [1.54, 1.807) is 24.3 Å². The summed E-state index contributed by atoms with van der Waals surface area (Å²) in [4.78, 5) is 0.100. The third-order valence-electron chi connectivity index (χ3n) is 2.17. The minimum absolute atomic E-state index is 0.0589. The van der Waals surface area contributed by atoms with Crippen LogP contribution in [0, 0.1) is 5.82 Å². The van der Waals surface area contributed by atoms with Crippen molar-refractivity contribution in [3.8, 4) is 0 Å². The van der Waals surface area contributed by atoms with Crippen LogP contribution >= 0.6 is 0 Å². The summed E-state index contributed by atoms with van der Waals surface area (Å²) in [5.74, 6) is -0.605. The lowest BCUT2D eigenvalue weighted by Gasteiger charge is -2.08. The molecule has 5 heteroatoms. The molecule has 88 valence electrons. The van der Waals surface area contributed by atoms with Crippen LogP contribution in [0.5, 0.6) is 0 Å². The molecule has 0 amide bonds. The fourth-order valence-electron chi connectivity index (χ4n) is 1.35. The Balaban J connectivity index is 2.34. The first kappa shape index (κ1) is 11.6. The number of nitrogens with one attached hydrogen (secondary N) is 1. The Kier molecular flexibility index (Phi) is 3.10.